The molecule has 0 unspecified atom stereocenters. The molecule has 0 saturated heterocycles. The molecular formula is C15H9ClF3N2O2S-. The fourth-order valence-electron chi connectivity index (χ4n) is 2.36. The Bertz CT molecular complexity index is 798. The van der Waals surface area contributed by atoms with Gasteiger partial charge in [0, 0.05) is 16.3 Å². The van der Waals surface area contributed by atoms with Crippen molar-refractivity contribution in [3.05, 3.63) is 57.1 Å². The van der Waals surface area contributed by atoms with Gasteiger partial charge in [-0.2, -0.15) is 0 Å². The molecule has 0 bridgehead atoms. The average Bonchev–Trinajstić information content (AvgIpc) is 2.44. The van der Waals surface area contributed by atoms with Crippen LogP contribution in [0.15, 0.2) is 41.1 Å². The Morgan fingerprint density at radius 2 is 2.12 bits per heavy atom. The van der Waals surface area contributed by atoms with Gasteiger partial charge in [-0.1, -0.05) is 36.0 Å². The van der Waals surface area contributed by atoms with Crippen molar-refractivity contribution in [2.24, 2.45) is 0 Å². The first kappa shape index (κ1) is 18.2. The number of benzene rings is 1. The number of ether oxygens (including phenoxy) is 1. The van der Waals surface area contributed by atoms with Gasteiger partial charge in [0.1, 0.15) is 4.99 Å². The van der Waals surface area contributed by atoms with E-state index in [1.807, 2.05) is 5.87 Å². The molecule has 2 rings (SSSR count). The maximum Gasteiger partial charge on any atom is 0.575 e. The van der Waals surface area contributed by atoms with Crippen LogP contribution in [0.1, 0.15) is 18.4 Å². The summed E-state index contributed by atoms with van der Waals surface area (Å²) in [6.45, 7) is 1.38. The van der Waals surface area contributed by atoms with Crippen molar-refractivity contribution in [3.8, 4) is 0 Å². The van der Waals surface area contributed by atoms with Crippen molar-refractivity contribution in [3.63, 3.8) is 0 Å². The highest BCUT2D eigenvalue weighted by molar-refractivity contribution is 7.80. The molecule has 0 spiro atoms. The van der Waals surface area contributed by atoms with Gasteiger partial charge < -0.3 is 15.5 Å². The van der Waals surface area contributed by atoms with Crippen LogP contribution in [0.3, 0.4) is 0 Å². The Morgan fingerprint density at radius 1 is 1.46 bits per heavy atom. The minimum atomic E-state index is -5.14. The lowest BCUT2D eigenvalue weighted by Crippen LogP contribution is -2.36. The van der Waals surface area contributed by atoms with Gasteiger partial charge >= 0.3 is 12.3 Å². The van der Waals surface area contributed by atoms with Crippen LogP contribution >= 0.6 is 23.8 Å². The summed E-state index contributed by atoms with van der Waals surface area (Å²) in [6, 6.07) is 6.10. The van der Waals surface area contributed by atoms with E-state index in [9.17, 15) is 23.4 Å². The van der Waals surface area contributed by atoms with E-state index in [0.717, 1.165) is 0 Å². The minimum absolute atomic E-state index is 0.0311. The smallest absolute Gasteiger partial charge is 0.575 e. The van der Waals surface area contributed by atoms with Crippen molar-refractivity contribution in [2.45, 2.75) is 19.2 Å². The van der Waals surface area contributed by atoms with Crippen molar-refractivity contribution < 1.29 is 22.7 Å². The van der Waals surface area contributed by atoms with Crippen LogP contribution in [-0.2, 0) is 9.53 Å². The Hall–Kier alpha value is -2.15. The van der Waals surface area contributed by atoms with Gasteiger partial charge in [0.2, 0.25) is 0 Å². The van der Waals surface area contributed by atoms with Crippen molar-refractivity contribution in [1.29, 1.82) is 0 Å². The third-order valence-electron chi connectivity index (χ3n) is 3.26. The van der Waals surface area contributed by atoms with Gasteiger partial charge in [0.15, 0.2) is 0 Å². The second kappa shape index (κ2) is 6.76. The number of esters is 1. The topological polar surface area (TPSA) is 60.6 Å². The van der Waals surface area contributed by atoms with Crippen LogP contribution in [-0.4, -0.2) is 23.2 Å². The number of carbonyl (C=O) groups excluding carboxylic acids is 1. The number of thiocarbonyl (C=S) groups is 1. The molecule has 1 aromatic carbocycles. The van der Waals surface area contributed by atoms with Crippen LogP contribution in [0.5, 0.6) is 0 Å². The second-order valence-corrected chi connectivity index (χ2v) is 5.69. The van der Waals surface area contributed by atoms with Crippen LogP contribution in [0, 0.1) is 0 Å². The van der Waals surface area contributed by atoms with E-state index < -0.39 is 18.2 Å². The summed E-state index contributed by atoms with van der Waals surface area (Å²) < 4.78 is 40.8. The van der Waals surface area contributed by atoms with Crippen LogP contribution in [0.2, 0.25) is 5.02 Å². The summed E-state index contributed by atoms with van der Waals surface area (Å²) in [5.41, 5.74) is 0.0290. The summed E-state index contributed by atoms with van der Waals surface area (Å²) in [4.78, 5) is 12.1. The largest absolute Gasteiger partial charge is 0.763 e. The molecule has 0 aliphatic carbocycles. The number of carbonyl (C=O) groups is 1. The first-order chi connectivity index (χ1) is 11.1. The quantitative estimate of drug-likeness (QED) is 0.370. The molecule has 24 heavy (non-hydrogen) atoms. The van der Waals surface area contributed by atoms with E-state index in [-0.39, 0.29) is 21.8 Å². The van der Waals surface area contributed by atoms with E-state index in [1.54, 1.807) is 12.1 Å². The van der Waals surface area contributed by atoms with Gasteiger partial charge in [-0.15, -0.1) is 13.2 Å². The second-order valence-electron chi connectivity index (χ2n) is 4.84. The van der Waals surface area contributed by atoms with E-state index >= 15 is 0 Å². The van der Waals surface area contributed by atoms with Crippen molar-refractivity contribution >= 4 is 40.6 Å². The number of allylic oxidation sites excluding steroid dienone is 1. The lowest BCUT2D eigenvalue weighted by atomic mass is 9.81. The highest BCUT2D eigenvalue weighted by Crippen LogP contribution is 2.38. The van der Waals surface area contributed by atoms with Gasteiger partial charge in [-0.25, -0.2) is 4.79 Å². The molecule has 0 fully saturated rings. The number of alkyl halides is 3. The summed E-state index contributed by atoms with van der Waals surface area (Å²) in [5.74, 6) is -0.867. The zero-order valence-electron chi connectivity index (χ0n) is 12.1. The maximum atomic E-state index is 12.4. The molecular weight excluding hydrogens is 365 g/mol. The predicted octanol–water partition coefficient (Wildman–Crippen LogP) is 3.86. The molecule has 1 heterocycles. The molecule has 1 aliphatic heterocycles. The van der Waals surface area contributed by atoms with Crippen molar-refractivity contribution in [2.75, 3.05) is 0 Å². The SMILES string of the molecule is CC1=C(C(=O)OC(F)(F)F)[C@H](c2cccc(Cl)c2)C(=C=[N-])C(=S)N1. The Morgan fingerprint density at radius 3 is 2.67 bits per heavy atom. The number of hydrogen-bond acceptors (Lipinski definition) is 3. The molecule has 126 valence electrons. The molecule has 1 N–H and O–H groups in total. The molecule has 0 radical (unpaired) electrons. The van der Waals surface area contributed by atoms with Crippen molar-refractivity contribution in [1.82, 2.24) is 5.32 Å². The lowest BCUT2D eigenvalue weighted by Gasteiger charge is -2.30. The standard InChI is InChI=1S/C15H9ClF3N2O2S/c1-7-11(14(22)23-15(17,18)19)12(10(6-20)13(24)21-7)8-3-2-4-9(16)5-8/h2-5,12H,1H3,(H,21,24)/q-1/t12-/m1/s1. The highest BCUT2D eigenvalue weighted by Gasteiger charge is 2.40. The average molecular weight is 374 g/mol. The fourth-order valence-corrected chi connectivity index (χ4v) is 2.88. The predicted molar refractivity (Wildman–Crippen MR) is 86.7 cm³/mol. The molecule has 1 aliphatic rings. The van der Waals surface area contributed by atoms with E-state index in [0.29, 0.717) is 10.6 Å². The van der Waals surface area contributed by atoms with E-state index in [4.69, 9.17) is 23.8 Å². The van der Waals surface area contributed by atoms with E-state index in [1.165, 1.54) is 19.1 Å². The summed E-state index contributed by atoms with van der Waals surface area (Å²) in [6.07, 6.45) is -5.14. The van der Waals surface area contributed by atoms with Gasteiger partial charge in [0.25, 0.3) is 0 Å². The Kier molecular flexibility index (Phi) is 5.13. The number of halogens is 4. The number of hydrogen-bond donors (Lipinski definition) is 1. The third kappa shape index (κ3) is 3.84. The van der Waals surface area contributed by atoms with Gasteiger partial charge in [0.05, 0.1) is 11.5 Å². The first-order valence-electron chi connectivity index (χ1n) is 6.48. The fraction of sp³-hybridized carbons (Fsp3) is 0.200. The summed E-state index contributed by atoms with van der Waals surface area (Å²) in [7, 11) is 0. The molecule has 9 heteroatoms. The first-order valence-corrected chi connectivity index (χ1v) is 7.27. The molecule has 0 saturated carbocycles. The van der Waals surface area contributed by atoms with E-state index in [2.05, 4.69) is 10.1 Å². The summed E-state index contributed by atoms with van der Waals surface area (Å²) in [5, 5.41) is 12.2. The highest BCUT2D eigenvalue weighted by atomic mass is 35.5. The normalized spacial score (nSPS) is 18.1. The van der Waals surface area contributed by atoms with Crippen LogP contribution < -0.4 is 5.32 Å². The lowest BCUT2D eigenvalue weighted by molar-refractivity contribution is -0.303. The minimum Gasteiger partial charge on any atom is -0.763 e. The zero-order valence-corrected chi connectivity index (χ0v) is 13.6. The monoisotopic (exact) mass is 373 g/mol. The van der Waals surface area contributed by atoms with Gasteiger partial charge in [-0.05, 0) is 24.6 Å². The third-order valence-corrected chi connectivity index (χ3v) is 3.81. The number of rotatable bonds is 2. The zero-order chi connectivity index (χ0) is 18.1. The Labute approximate surface area is 145 Å². The summed E-state index contributed by atoms with van der Waals surface area (Å²) >= 11 is 11.0. The molecule has 4 nitrogen and oxygen atoms in total. The molecule has 1 aromatic rings. The molecule has 1 atom stereocenters. The number of nitrogens with zero attached hydrogens (tertiary/aromatic N) is 1. The van der Waals surface area contributed by atoms with Crippen LogP contribution in [0.4, 0.5) is 13.2 Å². The molecule has 0 amide bonds. The Balaban J connectivity index is 2.62. The van der Waals surface area contributed by atoms with Crippen LogP contribution in [0.25, 0.3) is 5.41 Å². The molecule has 0 aromatic heterocycles. The maximum absolute atomic E-state index is 12.4. The van der Waals surface area contributed by atoms with Gasteiger partial charge in [-0.3, -0.25) is 5.87 Å². The number of nitrogens with one attached hydrogen (secondary N) is 1.